The summed E-state index contributed by atoms with van der Waals surface area (Å²) in [4.78, 5) is 0. The van der Waals surface area contributed by atoms with E-state index in [0.29, 0.717) is 0 Å². The third-order valence-corrected chi connectivity index (χ3v) is 3.94. The number of benzene rings is 1. The van der Waals surface area contributed by atoms with Crippen LogP contribution in [0.15, 0.2) is 18.2 Å². The lowest BCUT2D eigenvalue weighted by Crippen LogP contribution is -2.26. The van der Waals surface area contributed by atoms with Crippen LogP contribution in [0.3, 0.4) is 0 Å². The molecule has 0 aliphatic rings. The van der Waals surface area contributed by atoms with E-state index in [1.165, 1.54) is 0 Å². The van der Waals surface area contributed by atoms with E-state index < -0.39 is 21.1 Å². The van der Waals surface area contributed by atoms with E-state index in [2.05, 4.69) is 4.72 Å². The molecule has 0 spiro atoms. The standard InChI is InChI=1S/C11H10FN3O2S/c1-2-10(7-14)18(16,17)15-11-4-3-9(12)5-8(11)6-13/h3-5,10,15H,2H2,1H3. The number of nitrogens with zero attached hydrogens (tertiary/aromatic N) is 2. The normalized spacial score (nSPS) is 12.2. The molecule has 1 aromatic carbocycles. The lowest BCUT2D eigenvalue weighted by molar-refractivity contribution is 0.592. The molecule has 18 heavy (non-hydrogen) atoms. The molecule has 0 aromatic heterocycles. The number of halogens is 1. The quantitative estimate of drug-likeness (QED) is 0.899. The van der Waals surface area contributed by atoms with Gasteiger partial charge in [0, 0.05) is 0 Å². The van der Waals surface area contributed by atoms with Crippen LogP contribution in [0.25, 0.3) is 0 Å². The fraction of sp³-hybridized carbons (Fsp3) is 0.273. The second kappa shape index (κ2) is 5.48. The molecule has 0 aliphatic heterocycles. The Morgan fingerprint density at radius 2 is 2.11 bits per heavy atom. The molecular weight excluding hydrogens is 257 g/mol. The van der Waals surface area contributed by atoms with E-state index in [1.807, 2.05) is 0 Å². The van der Waals surface area contributed by atoms with Crippen LogP contribution in [0, 0.1) is 28.5 Å². The zero-order valence-corrected chi connectivity index (χ0v) is 10.3. The van der Waals surface area contributed by atoms with Crippen LogP contribution in [0.5, 0.6) is 0 Å². The van der Waals surface area contributed by atoms with Crippen LogP contribution < -0.4 is 4.72 Å². The van der Waals surface area contributed by atoms with Crippen LogP contribution >= 0.6 is 0 Å². The molecular formula is C11H10FN3O2S. The Morgan fingerprint density at radius 1 is 1.44 bits per heavy atom. The van der Waals surface area contributed by atoms with Crippen LogP contribution in [0.4, 0.5) is 10.1 Å². The summed E-state index contributed by atoms with van der Waals surface area (Å²) in [6.07, 6.45) is 0.120. The van der Waals surface area contributed by atoms with Gasteiger partial charge in [-0.1, -0.05) is 6.92 Å². The zero-order chi connectivity index (χ0) is 13.8. The number of sulfonamides is 1. The smallest absolute Gasteiger partial charge is 0.249 e. The summed E-state index contributed by atoms with van der Waals surface area (Å²) in [5.74, 6) is -0.637. The zero-order valence-electron chi connectivity index (χ0n) is 9.51. The summed E-state index contributed by atoms with van der Waals surface area (Å²) in [5.41, 5.74) is -0.168. The van der Waals surface area contributed by atoms with Gasteiger partial charge >= 0.3 is 0 Å². The molecule has 0 saturated carbocycles. The van der Waals surface area contributed by atoms with Crippen molar-refractivity contribution in [3.63, 3.8) is 0 Å². The van der Waals surface area contributed by atoms with E-state index in [9.17, 15) is 12.8 Å². The minimum Gasteiger partial charge on any atom is -0.281 e. The molecule has 5 nitrogen and oxygen atoms in total. The second-order valence-electron chi connectivity index (χ2n) is 3.47. The van der Waals surface area contributed by atoms with Crippen molar-refractivity contribution in [2.45, 2.75) is 18.6 Å². The molecule has 1 unspecified atom stereocenters. The van der Waals surface area contributed by atoms with Gasteiger partial charge in [0.15, 0.2) is 5.25 Å². The Labute approximate surface area is 105 Å². The molecule has 1 rings (SSSR count). The van der Waals surface area contributed by atoms with Crippen molar-refractivity contribution in [1.29, 1.82) is 10.5 Å². The molecule has 0 bridgehead atoms. The number of rotatable bonds is 4. The van der Waals surface area contributed by atoms with E-state index >= 15 is 0 Å². The van der Waals surface area contributed by atoms with E-state index in [4.69, 9.17) is 10.5 Å². The fourth-order valence-corrected chi connectivity index (χ4v) is 2.51. The van der Waals surface area contributed by atoms with E-state index in [0.717, 1.165) is 18.2 Å². The topological polar surface area (TPSA) is 93.8 Å². The fourth-order valence-electron chi connectivity index (χ4n) is 1.30. The first-order chi connectivity index (χ1) is 8.44. The molecule has 0 radical (unpaired) electrons. The maximum Gasteiger partial charge on any atom is 0.249 e. The van der Waals surface area contributed by atoms with Gasteiger partial charge in [0.05, 0.1) is 17.3 Å². The predicted molar refractivity (Wildman–Crippen MR) is 63.3 cm³/mol. The van der Waals surface area contributed by atoms with Gasteiger partial charge in [-0.25, -0.2) is 12.8 Å². The first-order valence-electron chi connectivity index (χ1n) is 5.05. The maximum atomic E-state index is 12.9. The first-order valence-corrected chi connectivity index (χ1v) is 6.60. The average molecular weight is 267 g/mol. The number of nitrogens with one attached hydrogen (secondary N) is 1. The first kappa shape index (κ1) is 13.9. The summed E-state index contributed by atoms with van der Waals surface area (Å²) < 4.78 is 38.6. The van der Waals surface area contributed by atoms with Gasteiger partial charge in [-0.15, -0.1) is 0 Å². The van der Waals surface area contributed by atoms with Gasteiger partial charge < -0.3 is 0 Å². The van der Waals surface area contributed by atoms with Crippen LogP contribution in [-0.4, -0.2) is 13.7 Å². The largest absolute Gasteiger partial charge is 0.281 e. The van der Waals surface area contributed by atoms with Crippen molar-refractivity contribution < 1.29 is 12.8 Å². The predicted octanol–water partition coefficient (Wildman–Crippen LogP) is 1.74. The lowest BCUT2D eigenvalue weighted by atomic mass is 10.2. The van der Waals surface area contributed by atoms with Crippen molar-refractivity contribution in [3.05, 3.63) is 29.6 Å². The van der Waals surface area contributed by atoms with Gasteiger partial charge in [0.2, 0.25) is 10.0 Å². The van der Waals surface area contributed by atoms with Crippen molar-refractivity contribution in [2.24, 2.45) is 0 Å². The van der Waals surface area contributed by atoms with Gasteiger partial charge in [0.25, 0.3) is 0 Å². The third-order valence-electron chi connectivity index (χ3n) is 2.24. The monoisotopic (exact) mass is 267 g/mol. The molecule has 1 aromatic rings. The van der Waals surface area contributed by atoms with Gasteiger partial charge in [-0.05, 0) is 24.6 Å². The van der Waals surface area contributed by atoms with E-state index in [1.54, 1.807) is 19.1 Å². The SMILES string of the molecule is CCC(C#N)S(=O)(=O)Nc1ccc(F)cc1C#N. The molecule has 0 amide bonds. The van der Waals surface area contributed by atoms with Gasteiger partial charge in [0.1, 0.15) is 11.9 Å². The van der Waals surface area contributed by atoms with Crippen molar-refractivity contribution in [2.75, 3.05) is 4.72 Å². The molecule has 7 heteroatoms. The molecule has 1 N–H and O–H groups in total. The van der Waals surface area contributed by atoms with Crippen LogP contribution in [0.2, 0.25) is 0 Å². The highest BCUT2D eigenvalue weighted by atomic mass is 32.2. The summed E-state index contributed by atoms with van der Waals surface area (Å²) >= 11 is 0. The highest BCUT2D eigenvalue weighted by Crippen LogP contribution is 2.19. The Bertz CT molecular complexity index is 629. The highest BCUT2D eigenvalue weighted by Gasteiger charge is 2.24. The molecule has 0 aliphatic carbocycles. The molecule has 94 valence electrons. The second-order valence-corrected chi connectivity index (χ2v) is 5.34. The number of nitriles is 2. The van der Waals surface area contributed by atoms with Crippen LogP contribution in [-0.2, 0) is 10.0 Å². The Morgan fingerprint density at radius 3 is 2.61 bits per heavy atom. The molecule has 0 saturated heterocycles. The average Bonchev–Trinajstić information content (AvgIpc) is 2.32. The third kappa shape index (κ3) is 2.96. The highest BCUT2D eigenvalue weighted by molar-refractivity contribution is 7.93. The number of hydrogen-bond donors (Lipinski definition) is 1. The lowest BCUT2D eigenvalue weighted by Gasteiger charge is -2.12. The summed E-state index contributed by atoms with van der Waals surface area (Å²) in [5, 5.41) is 16.3. The van der Waals surface area contributed by atoms with Crippen molar-refractivity contribution in [3.8, 4) is 12.1 Å². The number of anilines is 1. The molecule has 1 atom stereocenters. The molecule has 0 heterocycles. The Balaban J connectivity index is 3.14. The summed E-state index contributed by atoms with van der Waals surface area (Å²) in [6, 6.07) is 6.44. The van der Waals surface area contributed by atoms with Crippen LogP contribution in [0.1, 0.15) is 18.9 Å². The maximum absolute atomic E-state index is 12.9. The number of hydrogen-bond acceptors (Lipinski definition) is 4. The van der Waals surface area contributed by atoms with Gasteiger partial charge in [-0.2, -0.15) is 10.5 Å². The minimum atomic E-state index is -3.91. The van der Waals surface area contributed by atoms with E-state index in [-0.39, 0.29) is 17.7 Å². The van der Waals surface area contributed by atoms with Crippen molar-refractivity contribution >= 4 is 15.7 Å². The molecule has 0 fully saturated rings. The summed E-state index contributed by atoms with van der Waals surface area (Å²) in [6.45, 7) is 1.56. The summed E-state index contributed by atoms with van der Waals surface area (Å²) in [7, 11) is -3.91. The Kier molecular flexibility index (Phi) is 4.24. The minimum absolute atomic E-state index is 0.0346. The Hall–Kier alpha value is -2.12. The van der Waals surface area contributed by atoms with Gasteiger partial charge in [-0.3, -0.25) is 4.72 Å². The van der Waals surface area contributed by atoms with Crippen molar-refractivity contribution in [1.82, 2.24) is 0 Å².